The topological polar surface area (TPSA) is 86.8 Å². The Morgan fingerprint density at radius 3 is 2.13 bits per heavy atom. The number of hydrogen-bond acceptors (Lipinski definition) is 4. The molecule has 0 spiro atoms. The lowest BCUT2D eigenvalue weighted by Crippen LogP contribution is -2.53. The number of amides is 2. The first-order chi connectivity index (χ1) is 22.4. The van der Waals surface area contributed by atoms with E-state index in [9.17, 15) is 31.2 Å². The number of anilines is 1. The van der Waals surface area contributed by atoms with Gasteiger partial charge in [-0.1, -0.05) is 91.7 Å². The van der Waals surface area contributed by atoms with Crippen LogP contribution in [-0.2, 0) is 38.8 Å². The van der Waals surface area contributed by atoms with Gasteiger partial charge in [-0.15, -0.1) is 0 Å². The zero-order chi connectivity index (χ0) is 34.0. The van der Waals surface area contributed by atoms with Crippen LogP contribution in [0.1, 0.15) is 36.5 Å². The maximum atomic E-state index is 14.4. The summed E-state index contributed by atoms with van der Waals surface area (Å²) in [6, 6.07) is 25.5. The van der Waals surface area contributed by atoms with Crippen LogP contribution in [0.4, 0.5) is 18.9 Å². The Hall–Kier alpha value is -4.35. The Morgan fingerprint density at radius 1 is 0.851 bits per heavy atom. The number of sulfonamides is 1. The normalized spacial score (nSPS) is 12.3. The quantitative estimate of drug-likeness (QED) is 0.143. The molecule has 0 bridgehead atoms. The molecule has 0 unspecified atom stereocenters. The Kier molecular flexibility index (Phi) is 12.1. The Bertz CT molecular complexity index is 1760. The van der Waals surface area contributed by atoms with Crippen molar-refractivity contribution in [2.75, 3.05) is 17.4 Å². The van der Waals surface area contributed by atoms with Crippen LogP contribution in [0.5, 0.6) is 0 Å². The summed E-state index contributed by atoms with van der Waals surface area (Å²) >= 11 is 6.25. The maximum absolute atomic E-state index is 14.4. The fourth-order valence-corrected chi connectivity index (χ4v) is 6.62. The van der Waals surface area contributed by atoms with Gasteiger partial charge < -0.3 is 10.2 Å². The predicted octanol–water partition coefficient (Wildman–Crippen LogP) is 7.11. The van der Waals surface area contributed by atoms with Crippen molar-refractivity contribution in [2.45, 2.75) is 49.8 Å². The molecule has 12 heteroatoms. The summed E-state index contributed by atoms with van der Waals surface area (Å²) < 4.78 is 69.9. The predicted molar refractivity (Wildman–Crippen MR) is 176 cm³/mol. The van der Waals surface area contributed by atoms with Crippen LogP contribution >= 0.6 is 11.6 Å². The second kappa shape index (κ2) is 16.0. The number of benzene rings is 4. The third kappa shape index (κ3) is 9.59. The lowest BCUT2D eigenvalue weighted by Gasteiger charge is -2.34. The van der Waals surface area contributed by atoms with Gasteiger partial charge in [0.2, 0.25) is 11.8 Å². The van der Waals surface area contributed by atoms with E-state index in [4.69, 9.17) is 11.6 Å². The van der Waals surface area contributed by atoms with Crippen molar-refractivity contribution in [3.05, 3.63) is 131 Å². The number of unbranched alkanes of at least 4 members (excludes halogenated alkanes) is 1. The van der Waals surface area contributed by atoms with E-state index in [0.717, 1.165) is 24.1 Å². The fourth-order valence-electron chi connectivity index (χ4n) is 4.98. The molecule has 4 rings (SSSR count). The van der Waals surface area contributed by atoms with Crippen LogP contribution in [0.15, 0.2) is 114 Å². The highest BCUT2D eigenvalue weighted by Gasteiger charge is 2.36. The molecule has 7 nitrogen and oxygen atoms in total. The van der Waals surface area contributed by atoms with Crippen LogP contribution in [0, 0.1) is 0 Å². The molecule has 0 aromatic heterocycles. The molecule has 1 N–H and O–H groups in total. The number of carbonyl (C=O) groups is 2. The van der Waals surface area contributed by atoms with E-state index in [2.05, 4.69) is 5.32 Å². The van der Waals surface area contributed by atoms with Crippen LogP contribution in [-0.4, -0.2) is 44.3 Å². The lowest BCUT2D eigenvalue weighted by molar-refractivity contribution is -0.140. The molecule has 0 radical (unpaired) electrons. The van der Waals surface area contributed by atoms with Gasteiger partial charge in [0, 0.05) is 24.5 Å². The first-order valence-corrected chi connectivity index (χ1v) is 16.8. The summed E-state index contributed by atoms with van der Waals surface area (Å²) in [6.07, 6.45) is -3.15. The number of carbonyl (C=O) groups excluding carboxylic acids is 2. The largest absolute Gasteiger partial charge is 0.416 e. The fraction of sp³-hybridized carbons (Fsp3) is 0.257. The summed E-state index contributed by atoms with van der Waals surface area (Å²) in [5, 5.41) is 3.27. The second-order valence-corrected chi connectivity index (χ2v) is 13.2. The van der Waals surface area contributed by atoms with Crippen LogP contribution < -0.4 is 9.62 Å². The average molecular weight is 686 g/mol. The monoisotopic (exact) mass is 685 g/mol. The number of nitrogens with one attached hydrogen (secondary N) is 1. The van der Waals surface area contributed by atoms with Crippen molar-refractivity contribution >= 4 is 39.1 Å². The van der Waals surface area contributed by atoms with E-state index in [-0.39, 0.29) is 23.5 Å². The molecular formula is C35H35ClF3N3O4S. The minimum Gasteiger partial charge on any atom is -0.354 e. The number of halogens is 4. The number of hydrogen-bond donors (Lipinski definition) is 1. The molecule has 0 saturated heterocycles. The maximum Gasteiger partial charge on any atom is 0.416 e. The van der Waals surface area contributed by atoms with Gasteiger partial charge in [-0.05, 0) is 60.0 Å². The van der Waals surface area contributed by atoms with Crippen molar-refractivity contribution in [3.8, 4) is 0 Å². The molecule has 4 aromatic carbocycles. The highest BCUT2D eigenvalue weighted by atomic mass is 35.5. The summed E-state index contributed by atoms with van der Waals surface area (Å²) in [4.78, 5) is 29.2. The van der Waals surface area contributed by atoms with Crippen molar-refractivity contribution in [3.63, 3.8) is 0 Å². The van der Waals surface area contributed by atoms with E-state index in [1.165, 1.54) is 35.2 Å². The van der Waals surface area contributed by atoms with Crippen LogP contribution in [0.2, 0.25) is 5.02 Å². The average Bonchev–Trinajstić information content (AvgIpc) is 3.05. The molecule has 248 valence electrons. The van der Waals surface area contributed by atoms with Crippen molar-refractivity contribution in [1.29, 1.82) is 0 Å². The van der Waals surface area contributed by atoms with Gasteiger partial charge in [-0.25, -0.2) is 8.42 Å². The SMILES string of the molecule is CCCCNC(=O)[C@H](Cc1ccccc1)N(Cc1cccc(Cl)c1)C(=O)CN(c1cccc(C(F)(F)F)c1)S(=O)(=O)c1ccccc1. The smallest absolute Gasteiger partial charge is 0.354 e. The van der Waals surface area contributed by atoms with Crippen molar-refractivity contribution in [2.24, 2.45) is 0 Å². The lowest BCUT2D eigenvalue weighted by atomic mass is 10.0. The number of nitrogens with zero attached hydrogens (tertiary/aromatic N) is 2. The molecule has 1 atom stereocenters. The second-order valence-electron chi connectivity index (χ2n) is 10.9. The summed E-state index contributed by atoms with van der Waals surface area (Å²) in [7, 11) is -4.55. The van der Waals surface area contributed by atoms with E-state index >= 15 is 0 Å². The molecule has 0 aliphatic heterocycles. The van der Waals surface area contributed by atoms with Crippen molar-refractivity contribution in [1.82, 2.24) is 10.2 Å². The zero-order valence-electron chi connectivity index (χ0n) is 25.7. The minimum absolute atomic E-state index is 0.0973. The molecule has 2 amide bonds. The van der Waals surface area contributed by atoms with Gasteiger partial charge in [-0.3, -0.25) is 13.9 Å². The van der Waals surface area contributed by atoms with Crippen molar-refractivity contribution < 1.29 is 31.2 Å². The molecule has 0 fully saturated rings. The molecule has 0 saturated carbocycles. The Morgan fingerprint density at radius 2 is 1.49 bits per heavy atom. The van der Waals surface area contributed by atoms with Gasteiger partial charge >= 0.3 is 6.18 Å². The van der Waals surface area contributed by atoms with E-state index in [1.807, 2.05) is 25.1 Å². The summed E-state index contributed by atoms with van der Waals surface area (Å²) in [5.41, 5.74) is -0.115. The zero-order valence-corrected chi connectivity index (χ0v) is 27.2. The standard InChI is InChI=1S/C35H35ClF3N3O4S/c1-2-3-20-40-34(44)32(22-26-12-6-4-7-13-26)41(24-27-14-10-16-29(36)21-27)33(43)25-42(47(45,46)31-18-8-5-9-19-31)30-17-11-15-28(23-30)35(37,38)39/h4-19,21,23,32H,2-3,20,22,24-25H2,1H3,(H,40,44)/t32-/m0/s1. The van der Waals surface area contributed by atoms with E-state index < -0.39 is 46.2 Å². The molecular weight excluding hydrogens is 651 g/mol. The molecule has 47 heavy (non-hydrogen) atoms. The summed E-state index contributed by atoms with van der Waals surface area (Å²) in [5.74, 6) is -1.25. The molecule has 4 aromatic rings. The minimum atomic E-state index is -4.77. The molecule has 0 aliphatic rings. The third-order valence-electron chi connectivity index (χ3n) is 7.41. The Labute approximate surface area is 278 Å². The summed E-state index contributed by atoms with van der Waals surface area (Å²) in [6.45, 7) is 1.32. The van der Waals surface area contributed by atoms with Gasteiger partial charge in [0.05, 0.1) is 16.1 Å². The van der Waals surface area contributed by atoms with Crippen LogP contribution in [0.3, 0.4) is 0 Å². The number of alkyl halides is 3. The van der Waals surface area contributed by atoms with E-state index in [1.54, 1.807) is 42.5 Å². The first kappa shape index (κ1) is 35.5. The van der Waals surface area contributed by atoms with Gasteiger partial charge in [0.25, 0.3) is 10.0 Å². The highest BCUT2D eigenvalue weighted by Crippen LogP contribution is 2.33. The van der Waals surface area contributed by atoms with E-state index in [0.29, 0.717) is 33.9 Å². The molecule has 0 aliphatic carbocycles. The third-order valence-corrected chi connectivity index (χ3v) is 9.44. The number of rotatable bonds is 14. The highest BCUT2D eigenvalue weighted by molar-refractivity contribution is 7.92. The van der Waals surface area contributed by atoms with Gasteiger partial charge in [-0.2, -0.15) is 13.2 Å². The molecule has 0 heterocycles. The van der Waals surface area contributed by atoms with Gasteiger partial charge in [0.1, 0.15) is 12.6 Å². The van der Waals surface area contributed by atoms with Gasteiger partial charge in [0.15, 0.2) is 0 Å². The van der Waals surface area contributed by atoms with Crippen LogP contribution in [0.25, 0.3) is 0 Å². The first-order valence-electron chi connectivity index (χ1n) is 15.0. The Balaban J connectivity index is 1.82.